The maximum atomic E-state index is 12.6. The number of carbonyl (C=O) groups is 1. The molecule has 0 spiro atoms. The van der Waals surface area contributed by atoms with Crippen molar-refractivity contribution in [3.8, 4) is 0 Å². The van der Waals surface area contributed by atoms with E-state index in [-0.39, 0.29) is 6.04 Å². The van der Waals surface area contributed by atoms with Crippen LogP contribution in [0.5, 0.6) is 0 Å². The van der Waals surface area contributed by atoms with E-state index in [9.17, 15) is 4.79 Å². The molecule has 1 aliphatic heterocycles. The maximum absolute atomic E-state index is 12.6. The predicted octanol–water partition coefficient (Wildman–Crippen LogP) is 3.68. The van der Waals surface area contributed by atoms with Crippen LogP contribution in [0.3, 0.4) is 0 Å². The minimum atomic E-state index is 0.0154. The highest BCUT2D eigenvalue weighted by Crippen LogP contribution is 2.34. The molecule has 1 saturated heterocycles. The number of carbonyl (C=O) groups excluding carboxylic acids is 1. The quantitative estimate of drug-likeness (QED) is 0.771. The van der Waals surface area contributed by atoms with Crippen molar-refractivity contribution in [2.45, 2.75) is 96.8 Å². The van der Waals surface area contributed by atoms with Gasteiger partial charge >= 0.3 is 0 Å². The number of nitrogens with zero attached hydrogens (tertiary/aromatic N) is 1. The van der Waals surface area contributed by atoms with Crippen LogP contribution in [-0.4, -0.2) is 29.1 Å². The molecule has 20 heavy (non-hydrogen) atoms. The summed E-state index contributed by atoms with van der Waals surface area (Å²) in [5.41, 5.74) is 0. The number of rotatable bonds is 7. The number of hydrogen-bond acceptors (Lipinski definition) is 2. The highest BCUT2D eigenvalue weighted by molar-refractivity contribution is 5.84. The van der Waals surface area contributed by atoms with E-state index in [1.54, 1.807) is 0 Å². The molecule has 0 radical (unpaired) electrons. The van der Waals surface area contributed by atoms with Gasteiger partial charge in [0.25, 0.3) is 0 Å². The largest absolute Gasteiger partial charge is 0.323 e. The van der Waals surface area contributed by atoms with E-state index in [1.165, 1.54) is 51.4 Å². The van der Waals surface area contributed by atoms with Crippen LogP contribution in [0, 0.1) is 5.92 Å². The number of hydrogen-bond donors (Lipinski definition) is 1. The molecule has 0 bridgehead atoms. The fourth-order valence-corrected chi connectivity index (χ4v) is 4.01. The lowest BCUT2D eigenvalue weighted by atomic mass is 9.98. The van der Waals surface area contributed by atoms with Gasteiger partial charge in [0.05, 0.1) is 12.2 Å². The molecule has 1 amide bonds. The van der Waals surface area contributed by atoms with Gasteiger partial charge in [-0.3, -0.25) is 10.1 Å². The van der Waals surface area contributed by atoms with E-state index in [4.69, 9.17) is 0 Å². The lowest BCUT2D eigenvalue weighted by Gasteiger charge is -2.36. The van der Waals surface area contributed by atoms with Crippen molar-refractivity contribution in [1.29, 1.82) is 0 Å². The Balaban J connectivity index is 2.10. The predicted molar refractivity (Wildman–Crippen MR) is 83.4 cm³/mol. The van der Waals surface area contributed by atoms with Gasteiger partial charge in [-0.25, -0.2) is 0 Å². The van der Waals surface area contributed by atoms with Crippen molar-refractivity contribution < 1.29 is 4.79 Å². The molecule has 3 unspecified atom stereocenters. The van der Waals surface area contributed by atoms with Crippen LogP contribution >= 0.6 is 0 Å². The van der Waals surface area contributed by atoms with Gasteiger partial charge in [0.1, 0.15) is 0 Å². The summed E-state index contributed by atoms with van der Waals surface area (Å²) in [5.74, 6) is 1.03. The van der Waals surface area contributed by atoms with Crippen LogP contribution in [0.4, 0.5) is 0 Å². The summed E-state index contributed by atoms with van der Waals surface area (Å²) in [6.45, 7) is 6.51. The Morgan fingerprint density at radius 1 is 1.20 bits per heavy atom. The lowest BCUT2D eigenvalue weighted by molar-refractivity contribution is -0.133. The van der Waals surface area contributed by atoms with Gasteiger partial charge < -0.3 is 4.90 Å². The molecule has 2 rings (SSSR count). The number of amides is 1. The summed E-state index contributed by atoms with van der Waals surface area (Å²) in [5, 5.41) is 3.59. The van der Waals surface area contributed by atoms with E-state index in [1.807, 2.05) is 6.92 Å². The third kappa shape index (κ3) is 3.36. The van der Waals surface area contributed by atoms with Crippen molar-refractivity contribution in [2.24, 2.45) is 5.92 Å². The second-order valence-electron chi connectivity index (χ2n) is 6.71. The van der Waals surface area contributed by atoms with E-state index in [0.29, 0.717) is 24.0 Å². The van der Waals surface area contributed by atoms with Gasteiger partial charge in [-0.05, 0) is 38.5 Å². The second kappa shape index (κ2) is 7.44. The fraction of sp³-hybridized carbons (Fsp3) is 0.941. The number of nitrogens with one attached hydrogen (secondary N) is 1. The summed E-state index contributed by atoms with van der Waals surface area (Å²) < 4.78 is 0. The average molecular weight is 280 g/mol. The fourth-order valence-electron chi connectivity index (χ4n) is 4.01. The molecule has 2 fully saturated rings. The number of unbranched alkanes of at least 4 members (excludes halogenated alkanes) is 1. The zero-order valence-electron chi connectivity index (χ0n) is 13.5. The van der Waals surface area contributed by atoms with Gasteiger partial charge in [-0.15, -0.1) is 0 Å². The smallest absolute Gasteiger partial charge is 0.240 e. The molecule has 3 heteroatoms. The molecular formula is C17H32N2O. The summed E-state index contributed by atoms with van der Waals surface area (Å²) in [7, 11) is 0. The van der Waals surface area contributed by atoms with Crippen LogP contribution < -0.4 is 5.32 Å². The summed E-state index contributed by atoms with van der Waals surface area (Å²) >= 11 is 0. The van der Waals surface area contributed by atoms with Gasteiger partial charge in [0.15, 0.2) is 0 Å². The van der Waals surface area contributed by atoms with Crippen LogP contribution in [0.25, 0.3) is 0 Å². The van der Waals surface area contributed by atoms with E-state index >= 15 is 0 Å². The minimum Gasteiger partial charge on any atom is -0.323 e. The second-order valence-corrected chi connectivity index (χ2v) is 6.71. The molecule has 116 valence electrons. The van der Waals surface area contributed by atoms with Crippen molar-refractivity contribution in [1.82, 2.24) is 10.2 Å². The molecule has 1 saturated carbocycles. The first kappa shape index (κ1) is 15.8. The third-order valence-electron chi connectivity index (χ3n) is 5.10. The third-order valence-corrected chi connectivity index (χ3v) is 5.10. The van der Waals surface area contributed by atoms with Gasteiger partial charge in [-0.1, -0.05) is 46.0 Å². The molecule has 0 aromatic heterocycles. The Morgan fingerprint density at radius 3 is 2.50 bits per heavy atom. The van der Waals surface area contributed by atoms with Gasteiger partial charge in [0.2, 0.25) is 5.91 Å². The van der Waals surface area contributed by atoms with Crippen LogP contribution in [0.15, 0.2) is 0 Å². The zero-order chi connectivity index (χ0) is 14.5. The van der Waals surface area contributed by atoms with E-state index in [2.05, 4.69) is 24.1 Å². The SMILES string of the molecule is CCCCC(CCC)N1C(=O)C(C)NC1C1CCCC1. The van der Waals surface area contributed by atoms with Crippen molar-refractivity contribution in [3.05, 3.63) is 0 Å². The molecule has 2 aliphatic rings. The molecular weight excluding hydrogens is 248 g/mol. The minimum absolute atomic E-state index is 0.0154. The molecule has 3 atom stereocenters. The first-order chi connectivity index (χ1) is 9.69. The molecule has 0 aromatic rings. The summed E-state index contributed by atoms with van der Waals surface area (Å²) in [4.78, 5) is 14.9. The van der Waals surface area contributed by atoms with Crippen LogP contribution in [0.1, 0.15) is 78.6 Å². The van der Waals surface area contributed by atoms with Gasteiger partial charge in [-0.2, -0.15) is 0 Å². The lowest BCUT2D eigenvalue weighted by Crippen LogP contribution is -2.48. The monoisotopic (exact) mass is 280 g/mol. The van der Waals surface area contributed by atoms with Crippen molar-refractivity contribution in [2.75, 3.05) is 0 Å². The summed E-state index contributed by atoms with van der Waals surface area (Å²) in [6, 6.07) is 0.470. The highest BCUT2D eigenvalue weighted by Gasteiger charge is 2.43. The molecule has 0 aromatic carbocycles. The molecule has 1 aliphatic carbocycles. The van der Waals surface area contributed by atoms with Crippen LogP contribution in [0.2, 0.25) is 0 Å². The summed E-state index contributed by atoms with van der Waals surface area (Å²) in [6.07, 6.45) is 11.5. The van der Waals surface area contributed by atoms with Crippen molar-refractivity contribution >= 4 is 5.91 Å². The molecule has 1 N–H and O–H groups in total. The Labute approximate surface area is 124 Å². The normalized spacial score (nSPS) is 29.4. The Hall–Kier alpha value is -0.570. The topological polar surface area (TPSA) is 32.3 Å². The van der Waals surface area contributed by atoms with Crippen molar-refractivity contribution in [3.63, 3.8) is 0 Å². The standard InChI is InChI=1S/C17H32N2O/c1-4-6-12-15(9-5-2)19-16(14-10-7-8-11-14)18-13(3)17(19)20/h13-16,18H,4-12H2,1-3H3. The van der Waals surface area contributed by atoms with E-state index < -0.39 is 0 Å². The Kier molecular flexibility index (Phi) is 5.88. The Morgan fingerprint density at radius 2 is 1.90 bits per heavy atom. The molecule has 1 heterocycles. The zero-order valence-corrected chi connectivity index (χ0v) is 13.5. The van der Waals surface area contributed by atoms with E-state index in [0.717, 1.165) is 6.42 Å². The first-order valence-electron chi connectivity index (χ1n) is 8.77. The van der Waals surface area contributed by atoms with Crippen LogP contribution in [-0.2, 0) is 4.79 Å². The maximum Gasteiger partial charge on any atom is 0.240 e. The highest BCUT2D eigenvalue weighted by atomic mass is 16.2. The molecule has 3 nitrogen and oxygen atoms in total. The van der Waals surface area contributed by atoms with Gasteiger partial charge in [0, 0.05) is 6.04 Å². The first-order valence-corrected chi connectivity index (χ1v) is 8.77. The average Bonchev–Trinajstić information content (AvgIpc) is 3.05. The Bertz CT molecular complexity index is 312.